The largest absolute Gasteiger partial charge is 0.357 e. The molecule has 2 aromatic rings. The van der Waals surface area contributed by atoms with Gasteiger partial charge < -0.3 is 15.5 Å². The van der Waals surface area contributed by atoms with Gasteiger partial charge >= 0.3 is 0 Å². The number of guanidine groups is 1. The Bertz CT molecular complexity index is 853. The molecule has 3 rings (SSSR count). The Morgan fingerprint density at radius 3 is 2.80 bits per heavy atom. The maximum atomic E-state index is 12.6. The van der Waals surface area contributed by atoms with Gasteiger partial charge in [0.1, 0.15) is 5.15 Å². The van der Waals surface area contributed by atoms with E-state index in [0.717, 1.165) is 57.0 Å². The number of rotatable bonds is 8. The van der Waals surface area contributed by atoms with Crippen LogP contribution >= 0.6 is 11.6 Å². The molecule has 160 valence electrons. The minimum atomic E-state index is 0.216. The quantitative estimate of drug-likeness (QED) is 0.294. The highest BCUT2D eigenvalue weighted by atomic mass is 35.5. The summed E-state index contributed by atoms with van der Waals surface area (Å²) in [7, 11) is 0. The number of carbonyl (C=O) groups is 1. The van der Waals surface area contributed by atoms with Gasteiger partial charge in [-0.05, 0) is 48.9 Å². The lowest BCUT2D eigenvalue weighted by Gasteiger charge is -2.28. The van der Waals surface area contributed by atoms with Crippen LogP contribution in [0.5, 0.6) is 0 Å². The van der Waals surface area contributed by atoms with Crippen LogP contribution in [0.15, 0.2) is 47.6 Å². The Balaban J connectivity index is 1.39. The Labute approximate surface area is 183 Å². The van der Waals surface area contributed by atoms with E-state index in [4.69, 9.17) is 11.6 Å². The number of hydrogen-bond donors (Lipinski definition) is 2. The highest BCUT2D eigenvalue weighted by Crippen LogP contribution is 2.19. The molecule has 2 heterocycles. The van der Waals surface area contributed by atoms with Crippen molar-refractivity contribution in [3.05, 3.63) is 64.4 Å². The van der Waals surface area contributed by atoms with E-state index < -0.39 is 0 Å². The molecule has 7 heteroatoms. The molecular weight excluding hydrogens is 398 g/mol. The average molecular weight is 428 g/mol. The fourth-order valence-corrected chi connectivity index (χ4v) is 3.62. The summed E-state index contributed by atoms with van der Waals surface area (Å²) in [6.07, 6.45) is 4.84. The molecule has 0 unspecified atom stereocenters. The van der Waals surface area contributed by atoms with Crippen molar-refractivity contribution < 1.29 is 4.79 Å². The lowest BCUT2D eigenvalue weighted by molar-refractivity contribution is -0.132. The normalized spacial score (nSPS) is 13.7. The molecule has 1 aliphatic heterocycles. The summed E-state index contributed by atoms with van der Waals surface area (Å²) >= 11 is 5.82. The van der Waals surface area contributed by atoms with E-state index in [1.807, 2.05) is 24.0 Å². The van der Waals surface area contributed by atoms with Crippen LogP contribution in [0.3, 0.4) is 0 Å². The second-order valence-electron chi connectivity index (χ2n) is 7.36. The number of halogens is 1. The molecule has 0 aliphatic carbocycles. The summed E-state index contributed by atoms with van der Waals surface area (Å²) in [4.78, 5) is 23.2. The summed E-state index contributed by atoms with van der Waals surface area (Å²) in [5, 5.41) is 7.08. The van der Waals surface area contributed by atoms with Crippen LogP contribution in [0.1, 0.15) is 36.5 Å². The van der Waals surface area contributed by atoms with Crippen molar-refractivity contribution in [3.8, 4) is 0 Å². The molecule has 6 nitrogen and oxygen atoms in total. The van der Waals surface area contributed by atoms with Crippen LogP contribution in [-0.4, -0.2) is 47.9 Å². The fraction of sp³-hybridized carbons (Fsp3) is 0.435. The molecule has 1 aromatic carbocycles. The smallest absolute Gasteiger partial charge is 0.222 e. The zero-order valence-electron chi connectivity index (χ0n) is 17.5. The van der Waals surface area contributed by atoms with Crippen molar-refractivity contribution in [1.29, 1.82) is 0 Å². The zero-order chi connectivity index (χ0) is 21.2. The van der Waals surface area contributed by atoms with Gasteiger partial charge in [0, 0.05) is 45.3 Å². The van der Waals surface area contributed by atoms with Gasteiger partial charge in [0.15, 0.2) is 5.96 Å². The van der Waals surface area contributed by atoms with E-state index in [1.165, 1.54) is 11.1 Å². The molecule has 2 N–H and O–H groups in total. The summed E-state index contributed by atoms with van der Waals surface area (Å²) in [6, 6.07) is 12.2. The van der Waals surface area contributed by atoms with Gasteiger partial charge in [0.05, 0.1) is 0 Å². The first-order valence-corrected chi connectivity index (χ1v) is 11.0. The van der Waals surface area contributed by atoms with E-state index in [1.54, 1.807) is 12.3 Å². The summed E-state index contributed by atoms with van der Waals surface area (Å²) in [5.74, 6) is 0.992. The number of hydrogen-bond acceptors (Lipinski definition) is 3. The SMILES string of the molecule is CCNC(=NCCCC(=O)N1CCc2ccccc2C1)NCCc1ccc(Cl)nc1. The first-order chi connectivity index (χ1) is 14.7. The standard InChI is InChI=1S/C23H30ClN5O/c1-2-25-23(27-14-11-18-9-10-21(24)28-16-18)26-13-5-8-22(30)29-15-12-19-6-3-4-7-20(19)17-29/h3-4,6-7,9-10,16H,2,5,8,11-15,17H2,1H3,(H2,25,26,27). The Kier molecular flexibility index (Phi) is 8.51. The number of amides is 1. The average Bonchev–Trinajstić information content (AvgIpc) is 2.77. The molecule has 1 amide bonds. The van der Waals surface area contributed by atoms with Crippen LogP contribution < -0.4 is 10.6 Å². The topological polar surface area (TPSA) is 69.6 Å². The molecule has 0 fully saturated rings. The van der Waals surface area contributed by atoms with Crippen LogP contribution in [0.25, 0.3) is 0 Å². The van der Waals surface area contributed by atoms with Gasteiger partial charge in [-0.2, -0.15) is 0 Å². The third-order valence-electron chi connectivity index (χ3n) is 5.14. The van der Waals surface area contributed by atoms with Gasteiger partial charge in [-0.1, -0.05) is 41.9 Å². The lowest BCUT2D eigenvalue weighted by Crippen LogP contribution is -2.38. The number of benzene rings is 1. The number of fused-ring (bicyclic) bond motifs is 1. The molecule has 1 aliphatic rings. The van der Waals surface area contributed by atoms with Crippen LogP contribution in [0.4, 0.5) is 0 Å². The van der Waals surface area contributed by atoms with Gasteiger partial charge in [-0.3, -0.25) is 9.79 Å². The predicted molar refractivity (Wildman–Crippen MR) is 122 cm³/mol. The van der Waals surface area contributed by atoms with E-state index in [2.05, 4.69) is 38.8 Å². The van der Waals surface area contributed by atoms with Crippen molar-refractivity contribution in [2.75, 3.05) is 26.2 Å². The number of nitrogens with one attached hydrogen (secondary N) is 2. The summed E-state index contributed by atoms with van der Waals surface area (Å²) < 4.78 is 0. The number of aliphatic imine (C=N–C) groups is 1. The monoisotopic (exact) mass is 427 g/mol. The fourth-order valence-electron chi connectivity index (χ4n) is 3.51. The number of nitrogens with zero attached hydrogens (tertiary/aromatic N) is 3. The Hall–Kier alpha value is -2.60. The van der Waals surface area contributed by atoms with Crippen LogP contribution in [0, 0.1) is 0 Å². The highest BCUT2D eigenvalue weighted by Gasteiger charge is 2.19. The van der Waals surface area contributed by atoms with Gasteiger partial charge in [-0.15, -0.1) is 0 Å². The van der Waals surface area contributed by atoms with Crippen molar-refractivity contribution >= 4 is 23.5 Å². The predicted octanol–water partition coefficient (Wildman–Crippen LogP) is 3.20. The molecule has 0 bridgehead atoms. The molecule has 0 radical (unpaired) electrons. The minimum absolute atomic E-state index is 0.216. The molecule has 30 heavy (non-hydrogen) atoms. The Morgan fingerprint density at radius 2 is 2.03 bits per heavy atom. The summed E-state index contributed by atoms with van der Waals surface area (Å²) in [5.41, 5.74) is 3.75. The van der Waals surface area contributed by atoms with Crippen molar-refractivity contribution in [3.63, 3.8) is 0 Å². The maximum absolute atomic E-state index is 12.6. The second kappa shape index (κ2) is 11.6. The van der Waals surface area contributed by atoms with Gasteiger partial charge in [0.2, 0.25) is 5.91 Å². The molecular formula is C23H30ClN5O. The summed E-state index contributed by atoms with van der Waals surface area (Å²) in [6.45, 7) is 5.73. The second-order valence-corrected chi connectivity index (χ2v) is 7.75. The van der Waals surface area contributed by atoms with Gasteiger partial charge in [-0.25, -0.2) is 4.98 Å². The number of aromatic nitrogens is 1. The maximum Gasteiger partial charge on any atom is 0.222 e. The van der Waals surface area contributed by atoms with E-state index in [9.17, 15) is 4.79 Å². The minimum Gasteiger partial charge on any atom is -0.357 e. The van der Waals surface area contributed by atoms with Crippen molar-refractivity contribution in [2.45, 2.75) is 39.2 Å². The van der Waals surface area contributed by atoms with E-state index in [-0.39, 0.29) is 5.91 Å². The van der Waals surface area contributed by atoms with Crippen LogP contribution in [0.2, 0.25) is 5.15 Å². The molecule has 1 aromatic heterocycles. The molecule has 0 saturated heterocycles. The van der Waals surface area contributed by atoms with Crippen molar-refractivity contribution in [2.24, 2.45) is 4.99 Å². The van der Waals surface area contributed by atoms with Crippen LogP contribution in [-0.2, 0) is 24.2 Å². The first-order valence-electron chi connectivity index (χ1n) is 10.6. The third kappa shape index (κ3) is 6.73. The lowest BCUT2D eigenvalue weighted by atomic mass is 9.99. The molecule has 0 saturated carbocycles. The zero-order valence-corrected chi connectivity index (χ0v) is 18.3. The Morgan fingerprint density at radius 1 is 1.20 bits per heavy atom. The number of pyridine rings is 1. The van der Waals surface area contributed by atoms with Gasteiger partial charge in [0.25, 0.3) is 0 Å². The third-order valence-corrected chi connectivity index (χ3v) is 5.36. The van der Waals surface area contributed by atoms with E-state index in [0.29, 0.717) is 18.1 Å². The molecule has 0 atom stereocenters. The highest BCUT2D eigenvalue weighted by molar-refractivity contribution is 6.29. The van der Waals surface area contributed by atoms with Crippen molar-refractivity contribution in [1.82, 2.24) is 20.5 Å². The molecule has 0 spiro atoms. The van der Waals surface area contributed by atoms with E-state index >= 15 is 0 Å². The first kappa shape index (κ1) is 22.1. The number of carbonyl (C=O) groups excluding carboxylic acids is 1.